The van der Waals surface area contributed by atoms with E-state index < -0.39 is 0 Å². The first-order valence-corrected chi connectivity index (χ1v) is 13.2. The molecule has 0 saturated heterocycles. The van der Waals surface area contributed by atoms with Gasteiger partial charge in [0.1, 0.15) is 5.82 Å². The minimum atomic E-state index is 0.299. The average Bonchev–Trinajstić information content (AvgIpc) is 3.19. The van der Waals surface area contributed by atoms with Gasteiger partial charge in [0, 0.05) is 12.1 Å². The second kappa shape index (κ2) is 9.63. The molecule has 4 aromatic rings. The fourth-order valence-electron chi connectivity index (χ4n) is 5.29. The average molecular weight is 495 g/mol. The molecule has 0 unspecified atom stereocenters. The third kappa shape index (κ3) is 4.83. The van der Waals surface area contributed by atoms with E-state index in [2.05, 4.69) is 86.4 Å². The third-order valence-electron chi connectivity index (χ3n) is 7.76. The first kappa shape index (κ1) is 23.7. The number of hydrogen-bond acceptors (Lipinski definition) is 6. The molecule has 37 heavy (non-hydrogen) atoms. The van der Waals surface area contributed by atoms with Gasteiger partial charge >= 0.3 is 6.01 Å². The first-order valence-electron chi connectivity index (χ1n) is 13.2. The monoisotopic (exact) mass is 494 g/mol. The summed E-state index contributed by atoms with van der Waals surface area (Å²) in [6, 6.07) is 16.1. The molecule has 3 N–H and O–H groups in total. The Balaban J connectivity index is 1.32. The van der Waals surface area contributed by atoms with Crippen molar-refractivity contribution < 1.29 is 4.74 Å². The maximum absolute atomic E-state index is 6.19. The Kier molecular flexibility index (Phi) is 6.16. The maximum atomic E-state index is 6.19. The number of nitrogens with two attached hydrogens (primary N) is 1. The van der Waals surface area contributed by atoms with E-state index in [0.29, 0.717) is 41.7 Å². The number of aryl methyl sites for hydroxylation is 1. The molecule has 2 aromatic carbocycles. The van der Waals surface area contributed by atoms with Crippen molar-refractivity contribution in [1.82, 2.24) is 24.8 Å². The number of imidazole rings is 1. The van der Waals surface area contributed by atoms with Crippen molar-refractivity contribution in [2.45, 2.75) is 64.6 Å². The van der Waals surface area contributed by atoms with Crippen LogP contribution in [0.5, 0.6) is 6.01 Å². The molecule has 1 aliphatic carbocycles. The van der Waals surface area contributed by atoms with E-state index in [1.165, 1.54) is 47.1 Å². The normalized spacial score (nSPS) is 17.7. The SMILES string of the molecule is Cc1nc2c(N)nc3nc2n1Cc1ccc(-c2ccc(CNC4(C)CCC4)cc2)c(c1)C/C=C/CCO3. The van der Waals surface area contributed by atoms with E-state index in [1.807, 2.05) is 6.92 Å². The number of nitrogen functional groups attached to an aromatic ring is 1. The van der Waals surface area contributed by atoms with Crippen molar-refractivity contribution in [1.29, 1.82) is 0 Å². The lowest BCUT2D eigenvalue weighted by Gasteiger charge is -2.39. The zero-order valence-electron chi connectivity index (χ0n) is 21.6. The summed E-state index contributed by atoms with van der Waals surface area (Å²) in [5.41, 5.74) is 14.2. The van der Waals surface area contributed by atoms with Crippen molar-refractivity contribution in [2.24, 2.45) is 0 Å². The van der Waals surface area contributed by atoms with Gasteiger partial charge in [-0.05, 0) is 73.8 Å². The molecule has 6 rings (SSSR count). The van der Waals surface area contributed by atoms with E-state index in [-0.39, 0.29) is 0 Å². The Bertz CT molecular complexity index is 1470. The van der Waals surface area contributed by atoms with Crippen LogP contribution in [0.3, 0.4) is 0 Å². The summed E-state index contributed by atoms with van der Waals surface area (Å²) in [7, 11) is 0. The zero-order valence-corrected chi connectivity index (χ0v) is 21.6. The molecule has 2 aromatic heterocycles. The van der Waals surface area contributed by atoms with Crippen LogP contribution in [0.25, 0.3) is 22.3 Å². The van der Waals surface area contributed by atoms with Crippen LogP contribution in [0.4, 0.5) is 5.82 Å². The fourth-order valence-corrected chi connectivity index (χ4v) is 5.29. The van der Waals surface area contributed by atoms with Crippen LogP contribution in [-0.4, -0.2) is 31.7 Å². The van der Waals surface area contributed by atoms with Crippen LogP contribution >= 0.6 is 0 Å². The molecule has 3 heterocycles. The maximum Gasteiger partial charge on any atom is 0.320 e. The molecule has 0 spiro atoms. The summed E-state index contributed by atoms with van der Waals surface area (Å²) in [5.74, 6) is 1.20. The van der Waals surface area contributed by atoms with Gasteiger partial charge in [-0.15, -0.1) is 0 Å². The Hall–Kier alpha value is -3.71. The number of nitrogens with zero attached hydrogens (tertiary/aromatic N) is 4. The smallest absolute Gasteiger partial charge is 0.320 e. The van der Waals surface area contributed by atoms with Crippen LogP contribution in [0.2, 0.25) is 0 Å². The number of benzene rings is 2. The molecule has 0 radical (unpaired) electrons. The van der Waals surface area contributed by atoms with Crippen molar-refractivity contribution in [3.63, 3.8) is 0 Å². The second-order valence-corrected chi connectivity index (χ2v) is 10.6. The number of anilines is 1. The molecule has 2 aliphatic rings. The predicted octanol–water partition coefficient (Wildman–Crippen LogP) is 5.35. The Morgan fingerprint density at radius 2 is 1.89 bits per heavy atom. The molecular formula is C30H34N6O. The van der Waals surface area contributed by atoms with Gasteiger partial charge < -0.3 is 20.4 Å². The molecule has 1 fully saturated rings. The van der Waals surface area contributed by atoms with Gasteiger partial charge in [0.2, 0.25) is 0 Å². The zero-order chi connectivity index (χ0) is 25.4. The number of nitrogens with one attached hydrogen (secondary N) is 1. The van der Waals surface area contributed by atoms with Crippen molar-refractivity contribution in [3.8, 4) is 17.1 Å². The van der Waals surface area contributed by atoms with Gasteiger partial charge in [-0.2, -0.15) is 9.97 Å². The fraction of sp³-hybridized carbons (Fsp3) is 0.367. The molecule has 0 atom stereocenters. The molecule has 4 bridgehead atoms. The number of allylic oxidation sites excluding steroid dienone is 1. The lowest BCUT2D eigenvalue weighted by molar-refractivity contribution is 0.207. The van der Waals surface area contributed by atoms with Crippen molar-refractivity contribution in [3.05, 3.63) is 77.1 Å². The van der Waals surface area contributed by atoms with Crippen LogP contribution in [-0.2, 0) is 19.5 Å². The Morgan fingerprint density at radius 3 is 2.68 bits per heavy atom. The van der Waals surface area contributed by atoms with Crippen LogP contribution in [0.15, 0.2) is 54.6 Å². The van der Waals surface area contributed by atoms with Gasteiger partial charge in [-0.3, -0.25) is 0 Å². The number of ether oxygens (including phenoxy) is 1. The highest BCUT2D eigenvalue weighted by Crippen LogP contribution is 2.32. The number of fused-ring (bicyclic) bond motifs is 3. The highest BCUT2D eigenvalue weighted by molar-refractivity contribution is 5.82. The van der Waals surface area contributed by atoms with Crippen molar-refractivity contribution in [2.75, 3.05) is 12.3 Å². The van der Waals surface area contributed by atoms with Gasteiger partial charge in [0.15, 0.2) is 17.0 Å². The Morgan fingerprint density at radius 1 is 1.05 bits per heavy atom. The van der Waals surface area contributed by atoms with Gasteiger partial charge in [-0.1, -0.05) is 54.6 Å². The summed E-state index contributed by atoms with van der Waals surface area (Å²) < 4.78 is 7.90. The van der Waals surface area contributed by atoms with Crippen LogP contribution < -0.4 is 15.8 Å². The molecule has 1 saturated carbocycles. The second-order valence-electron chi connectivity index (χ2n) is 10.6. The summed E-state index contributed by atoms with van der Waals surface area (Å²) in [5, 5.41) is 3.73. The van der Waals surface area contributed by atoms with Gasteiger partial charge in [0.25, 0.3) is 0 Å². The lowest BCUT2D eigenvalue weighted by Crippen LogP contribution is -2.47. The highest BCUT2D eigenvalue weighted by Gasteiger charge is 2.30. The summed E-state index contributed by atoms with van der Waals surface area (Å²) in [6.07, 6.45) is 9.90. The molecule has 1 aliphatic heterocycles. The van der Waals surface area contributed by atoms with Crippen LogP contribution in [0.1, 0.15) is 55.1 Å². The van der Waals surface area contributed by atoms with E-state index in [9.17, 15) is 0 Å². The largest absolute Gasteiger partial charge is 0.463 e. The molecular weight excluding hydrogens is 460 g/mol. The van der Waals surface area contributed by atoms with Gasteiger partial charge in [0.05, 0.1) is 13.2 Å². The van der Waals surface area contributed by atoms with Crippen molar-refractivity contribution >= 4 is 17.0 Å². The summed E-state index contributed by atoms with van der Waals surface area (Å²) in [4.78, 5) is 13.6. The standard InChI is InChI=1S/C30H34N6O/c1-20-33-26-27(31)34-29-35-28(26)36(20)19-22-10-13-25(24(17-22)7-4-3-5-16-37-29)23-11-8-21(9-12-23)18-32-30(2)14-6-15-30/h3-4,8-13,17,32H,5-7,14-16,18-19H2,1-2H3,(H2,31,34,35)/b4-3+. The molecule has 190 valence electrons. The third-order valence-corrected chi connectivity index (χ3v) is 7.76. The quantitative estimate of drug-likeness (QED) is 0.372. The minimum Gasteiger partial charge on any atom is -0.463 e. The summed E-state index contributed by atoms with van der Waals surface area (Å²) in [6.45, 7) is 6.37. The molecule has 0 amide bonds. The molecule has 7 heteroatoms. The number of rotatable bonds is 4. The number of hydrogen-bond donors (Lipinski definition) is 2. The van der Waals surface area contributed by atoms with E-state index in [1.54, 1.807) is 0 Å². The predicted molar refractivity (Wildman–Crippen MR) is 148 cm³/mol. The number of aromatic nitrogens is 4. The Labute approximate surface area is 217 Å². The van der Waals surface area contributed by atoms with E-state index in [4.69, 9.17) is 10.5 Å². The van der Waals surface area contributed by atoms with E-state index >= 15 is 0 Å². The van der Waals surface area contributed by atoms with Crippen LogP contribution in [0, 0.1) is 6.92 Å². The molecule has 7 nitrogen and oxygen atoms in total. The first-order chi connectivity index (χ1) is 18.0. The van der Waals surface area contributed by atoms with E-state index in [0.717, 1.165) is 25.2 Å². The summed E-state index contributed by atoms with van der Waals surface area (Å²) >= 11 is 0. The highest BCUT2D eigenvalue weighted by atomic mass is 16.5. The minimum absolute atomic E-state index is 0.299. The lowest BCUT2D eigenvalue weighted by atomic mass is 9.78. The topological polar surface area (TPSA) is 90.9 Å². The van der Waals surface area contributed by atoms with Gasteiger partial charge in [-0.25, -0.2) is 4.98 Å².